The number of carbonyl (C=O) groups excluding carboxylic acids is 1. The van der Waals surface area contributed by atoms with E-state index in [9.17, 15) is 14.9 Å². The Hall–Kier alpha value is -2.18. The Morgan fingerprint density at radius 1 is 1.36 bits per heavy atom. The van der Waals surface area contributed by atoms with Crippen LogP contribution < -0.4 is 10.2 Å². The monoisotopic (exact) mass is 306 g/mol. The fraction of sp³-hybridized carbons (Fsp3) is 0.600. The first-order chi connectivity index (χ1) is 10.6. The molecule has 1 unspecified atom stereocenters. The molecule has 1 aromatic heterocycles. The average molecular weight is 306 g/mol. The SMILES string of the molecule is CC.O=C1NCCC12CCCN(c1ccc([N+](=O)[O-])nc1)C2. The number of carbonyl (C=O) groups is 1. The minimum atomic E-state index is -0.508. The first-order valence-corrected chi connectivity index (χ1v) is 7.74. The molecule has 3 rings (SSSR count). The molecule has 1 amide bonds. The van der Waals surface area contributed by atoms with Crippen LogP contribution in [0.1, 0.15) is 33.1 Å². The van der Waals surface area contributed by atoms with Gasteiger partial charge in [-0.2, -0.15) is 0 Å². The van der Waals surface area contributed by atoms with Crippen LogP contribution in [0.25, 0.3) is 0 Å². The van der Waals surface area contributed by atoms with Gasteiger partial charge in [-0.1, -0.05) is 13.8 Å². The van der Waals surface area contributed by atoms with Crippen molar-refractivity contribution in [2.45, 2.75) is 33.1 Å². The van der Waals surface area contributed by atoms with E-state index in [1.807, 2.05) is 13.8 Å². The highest BCUT2D eigenvalue weighted by Crippen LogP contribution is 2.38. The number of hydrogen-bond donors (Lipinski definition) is 1. The lowest BCUT2D eigenvalue weighted by Gasteiger charge is -2.39. The van der Waals surface area contributed by atoms with Gasteiger partial charge in [0.05, 0.1) is 11.1 Å². The van der Waals surface area contributed by atoms with Crippen LogP contribution in [0.5, 0.6) is 0 Å². The van der Waals surface area contributed by atoms with Gasteiger partial charge in [0.2, 0.25) is 5.91 Å². The maximum absolute atomic E-state index is 12.0. The van der Waals surface area contributed by atoms with Crippen molar-refractivity contribution in [3.63, 3.8) is 0 Å². The van der Waals surface area contributed by atoms with Crippen molar-refractivity contribution >= 4 is 17.4 Å². The maximum Gasteiger partial charge on any atom is 0.363 e. The highest BCUT2D eigenvalue weighted by Gasteiger charge is 2.45. The van der Waals surface area contributed by atoms with E-state index in [-0.39, 0.29) is 17.1 Å². The number of amides is 1. The Morgan fingerprint density at radius 3 is 2.68 bits per heavy atom. The molecule has 3 heterocycles. The van der Waals surface area contributed by atoms with Crippen LogP contribution in [-0.4, -0.2) is 35.4 Å². The lowest BCUT2D eigenvalue weighted by molar-refractivity contribution is -0.389. The summed E-state index contributed by atoms with van der Waals surface area (Å²) in [7, 11) is 0. The molecular formula is C15H22N4O3. The average Bonchev–Trinajstić information content (AvgIpc) is 2.90. The molecule has 7 nitrogen and oxygen atoms in total. The summed E-state index contributed by atoms with van der Waals surface area (Å²) in [6.07, 6.45) is 4.24. The second-order valence-electron chi connectivity index (χ2n) is 5.44. The molecule has 2 fully saturated rings. The molecule has 7 heteroatoms. The first kappa shape index (κ1) is 16.2. The van der Waals surface area contributed by atoms with E-state index in [0.717, 1.165) is 38.0 Å². The summed E-state index contributed by atoms with van der Waals surface area (Å²) in [5.41, 5.74) is 0.550. The van der Waals surface area contributed by atoms with Gasteiger partial charge in [0, 0.05) is 25.7 Å². The Labute approximate surface area is 129 Å². The van der Waals surface area contributed by atoms with Gasteiger partial charge in [-0.05, 0) is 35.2 Å². The molecule has 1 spiro atoms. The number of nitrogens with zero attached hydrogens (tertiary/aromatic N) is 3. The van der Waals surface area contributed by atoms with E-state index in [4.69, 9.17) is 0 Å². The van der Waals surface area contributed by atoms with E-state index < -0.39 is 4.92 Å². The summed E-state index contributed by atoms with van der Waals surface area (Å²) in [6.45, 7) is 6.26. The minimum absolute atomic E-state index is 0.136. The van der Waals surface area contributed by atoms with Crippen molar-refractivity contribution in [1.29, 1.82) is 0 Å². The Morgan fingerprint density at radius 2 is 2.14 bits per heavy atom. The lowest BCUT2D eigenvalue weighted by atomic mass is 9.78. The maximum atomic E-state index is 12.0. The number of nitrogens with one attached hydrogen (secondary N) is 1. The van der Waals surface area contributed by atoms with E-state index in [1.54, 1.807) is 6.07 Å². The van der Waals surface area contributed by atoms with Gasteiger partial charge in [0.15, 0.2) is 6.20 Å². The quantitative estimate of drug-likeness (QED) is 0.668. The van der Waals surface area contributed by atoms with Crippen LogP contribution in [0.2, 0.25) is 0 Å². The third-order valence-corrected chi connectivity index (χ3v) is 4.23. The van der Waals surface area contributed by atoms with Crippen LogP contribution in [0.3, 0.4) is 0 Å². The second kappa shape index (κ2) is 6.72. The molecule has 120 valence electrons. The zero-order valence-electron chi connectivity index (χ0n) is 13.0. The molecular weight excluding hydrogens is 284 g/mol. The summed E-state index contributed by atoms with van der Waals surface area (Å²) in [6, 6.07) is 3.11. The molecule has 0 radical (unpaired) electrons. The molecule has 2 saturated heterocycles. The Bertz CT molecular complexity index is 546. The molecule has 0 aliphatic carbocycles. The number of aromatic nitrogens is 1. The highest BCUT2D eigenvalue weighted by molar-refractivity contribution is 5.85. The van der Waals surface area contributed by atoms with Crippen molar-refractivity contribution in [2.75, 3.05) is 24.5 Å². The molecule has 0 saturated carbocycles. The Balaban J connectivity index is 0.000000847. The van der Waals surface area contributed by atoms with Crippen molar-refractivity contribution in [2.24, 2.45) is 5.41 Å². The van der Waals surface area contributed by atoms with Crippen LogP contribution in [-0.2, 0) is 4.79 Å². The zero-order chi connectivity index (χ0) is 16.2. The van der Waals surface area contributed by atoms with Gasteiger partial charge in [-0.15, -0.1) is 0 Å². The van der Waals surface area contributed by atoms with E-state index in [1.165, 1.54) is 12.3 Å². The topological polar surface area (TPSA) is 88.4 Å². The van der Waals surface area contributed by atoms with Crippen LogP contribution in [0.4, 0.5) is 11.5 Å². The molecule has 1 atom stereocenters. The van der Waals surface area contributed by atoms with Crippen LogP contribution in [0, 0.1) is 15.5 Å². The minimum Gasteiger partial charge on any atom is -0.367 e. The summed E-state index contributed by atoms with van der Waals surface area (Å²) in [5, 5.41) is 13.5. The lowest BCUT2D eigenvalue weighted by Crippen LogP contribution is -2.47. The van der Waals surface area contributed by atoms with Crippen molar-refractivity contribution in [3.05, 3.63) is 28.4 Å². The normalized spacial score (nSPS) is 23.7. The molecule has 0 aromatic carbocycles. The molecule has 0 bridgehead atoms. The third kappa shape index (κ3) is 3.03. The van der Waals surface area contributed by atoms with Gasteiger partial charge in [0.1, 0.15) is 0 Å². The number of nitro groups is 1. The standard InChI is InChI=1S/C13H16N4O3.C2H6/c18-12-13(5-6-14-12)4-1-7-16(9-13)10-2-3-11(15-8-10)17(19)20;1-2/h2-3,8H,1,4-7,9H2,(H,14,18);1-2H3. The van der Waals surface area contributed by atoms with E-state index in [0.29, 0.717) is 6.54 Å². The third-order valence-electron chi connectivity index (χ3n) is 4.23. The Kier molecular flexibility index (Phi) is 4.95. The van der Waals surface area contributed by atoms with Crippen LogP contribution in [0.15, 0.2) is 18.3 Å². The van der Waals surface area contributed by atoms with Gasteiger partial charge >= 0.3 is 5.82 Å². The van der Waals surface area contributed by atoms with Gasteiger partial charge < -0.3 is 20.3 Å². The molecule has 1 N–H and O–H groups in total. The van der Waals surface area contributed by atoms with Gasteiger partial charge in [-0.3, -0.25) is 4.79 Å². The van der Waals surface area contributed by atoms with Gasteiger partial charge in [-0.25, -0.2) is 0 Å². The molecule has 2 aliphatic heterocycles. The van der Waals surface area contributed by atoms with Crippen LogP contribution >= 0.6 is 0 Å². The molecule has 2 aliphatic rings. The number of anilines is 1. The van der Waals surface area contributed by atoms with Crippen molar-refractivity contribution < 1.29 is 9.72 Å². The largest absolute Gasteiger partial charge is 0.367 e. The second-order valence-corrected chi connectivity index (χ2v) is 5.44. The van der Waals surface area contributed by atoms with Gasteiger partial charge in [0.25, 0.3) is 0 Å². The van der Waals surface area contributed by atoms with E-state index >= 15 is 0 Å². The number of hydrogen-bond acceptors (Lipinski definition) is 5. The molecule has 22 heavy (non-hydrogen) atoms. The van der Waals surface area contributed by atoms with Crippen molar-refractivity contribution in [1.82, 2.24) is 10.3 Å². The van der Waals surface area contributed by atoms with E-state index in [2.05, 4.69) is 15.2 Å². The number of rotatable bonds is 2. The first-order valence-electron chi connectivity index (χ1n) is 7.74. The summed E-state index contributed by atoms with van der Waals surface area (Å²) in [5.74, 6) is -0.0175. The predicted octanol–water partition coefficient (Wildman–Crippen LogP) is 2.12. The highest BCUT2D eigenvalue weighted by atomic mass is 16.6. The summed E-state index contributed by atoms with van der Waals surface area (Å²) >= 11 is 0. The smallest absolute Gasteiger partial charge is 0.363 e. The molecule has 1 aromatic rings. The summed E-state index contributed by atoms with van der Waals surface area (Å²) < 4.78 is 0. The van der Waals surface area contributed by atoms with Crippen molar-refractivity contribution in [3.8, 4) is 0 Å². The fourth-order valence-corrected chi connectivity index (χ4v) is 3.13. The number of piperidine rings is 1. The summed E-state index contributed by atoms with van der Waals surface area (Å²) in [4.78, 5) is 28.1. The number of pyridine rings is 1. The fourth-order valence-electron chi connectivity index (χ4n) is 3.13. The predicted molar refractivity (Wildman–Crippen MR) is 83.7 cm³/mol. The zero-order valence-corrected chi connectivity index (χ0v) is 13.0.